The zero-order valence-corrected chi connectivity index (χ0v) is 17.6. The molecule has 2 aromatic carbocycles. The second kappa shape index (κ2) is 8.90. The lowest BCUT2D eigenvalue weighted by atomic mass is 10.0. The highest BCUT2D eigenvalue weighted by Crippen LogP contribution is 2.35. The fourth-order valence-corrected chi connectivity index (χ4v) is 4.00. The number of aliphatic hydroxyl groups is 1. The number of nitrogens with zero attached hydrogens (tertiary/aromatic N) is 2. The second-order valence-corrected chi connectivity index (χ2v) is 8.08. The third-order valence-corrected chi connectivity index (χ3v) is 5.76. The Hall–Kier alpha value is -2.94. The fourth-order valence-electron chi connectivity index (χ4n) is 4.00. The number of rotatable bonds is 6. The largest absolute Gasteiger partial charge is 0.573 e. The molecule has 172 valence electrons. The summed E-state index contributed by atoms with van der Waals surface area (Å²) in [6.07, 6.45) is -3.37. The molecule has 1 heterocycles. The van der Waals surface area contributed by atoms with E-state index >= 15 is 0 Å². The number of benzene rings is 2. The molecule has 6 nitrogen and oxygen atoms in total. The van der Waals surface area contributed by atoms with Gasteiger partial charge in [0, 0.05) is 37.8 Å². The highest BCUT2D eigenvalue weighted by atomic mass is 19.4. The molecule has 0 bridgehead atoms. The summed E-state index contributed by atoms with van der Waals surface area (Å²) in [4.78, 5) is 16.6. The Morgan fingerprint density at radius 2 is 1.81 bits per heavy atom. The van der Waals surface area contributed by atoms with Gasteiger partial charge < -0.3 is 24.4 Å². The maximum absolute atomic E-state index is 12.8. The lowest BCUT2D eigenvalue weighted by Crippen LogP contribution is -2.40. The summed E-state index contributed by atoms with van der Waals surface area (Å²) in [6, 6.07) is 11.1. The number of amides is 1. The predicted octanol–water partition coefficient (Wildman–Crippen LogP) is 4.03. The lowest BCUT2D eigenvalue weighted by molar-refractivity contribution is -0.274. The van der Waals surface area contributed by atoms with Crippen LogP contribution >= 0.6 is 0 Å². The molecule has 1 atom stereocenters. The van der Waals surface area contributed by atoms with Gasteiger partial charge >= 0.3 is 6.36 Å². The molecule has 1 fully saturated rings. The van der Waals surface area contributed by atoms with Gasteiger partial charge in [-0.05, 0) is 54.3 Å². The van der Waals surface area contributed by atoms with Crippen molar-refractivity contribution in [1.29, 1.82) is 0 Å². The van der Waals surface area contributed by atoms with Crippen LogP contribution in [-0.4, -0.2) is 48.5 Å². The van der Waals surface area contributed by atoms with Crippen LogP contribution in [0.5, 0.6) is 11.5 Å². The van der Waals surface area contributed by atoms with Crippen molar-refractivity contribution in [3.05, 3.63) is 53.6 Å². The minimum Gasteiger partial charge on any atom is -0.497 e. The molecular formula is C23H25F3N2O4. The van der Waals surface area contributed by atoms with Crippen LogP contribution in [0.1, 0.15) is 36.5 Å². The highest BCUT2D eigenvalue weighted by molar-refractivity contribution is 5.79. The van der Waals surface area contributed by atoms with Gasteiger partial charge in [0.15, 0.2) is 0 Å². The van der Waals surface area contributed by atoms with Crippen molar-refractivity contribution in [2.75, 3.05) is 25.1 Å². The van der Waals surface area contributed by atoms with Gasteiger partial charge in [0.25, 0.3) is 0 Å². The first kappa shape index (κ1) is 22.3. The number of methoxy groups -OCH3 is 1. The number of ether oxygens (including phenoxy) is 2. The van der Waals surface area contributed by atoms with E-state index in [0.29, 0.717) is 30.8 Å². The number of fused-ring (bicyclic) bond motifs is 1. The smallest absolute Gasteiger partial charge is 0.497 e. The average molecular weight is 450 g/mol. The number of anilines is 1. The van der Waals surface area contributed by atoms with Crippen LogP contribution in [0.2, 0.25) is 0 Å². The molecule has 0 spiro atoms. The summed E-state index contributed by atoms with van der Waals surface area (Å²) < 4.78 is 46.4. The standard InChI is InChI=1S/C23H25F3N2O4/c1-31-19-8-9-20-16(12-19)13-28(17-4-5-17)22(30)10-11-27(20)14-21(29)15-2-6-18(7-3-15)32-23(24,25)26/h2-3,6-9,12,17,21,29H,4-5,10-11,13-14H2,1H3. The lowest BCUT2D eigenvalue weighted by Gasteiger charge is -2.34. The number of carbonyl (C=O) groups is 1. The number of β-amino-alcohol motifs (C(OH)–C–C–N with tert-alkyl or cyclic N) is 1. The van der Waals surface area contributed by atoms with Crippen molar-refractivity contribution in [3.63, 3.8) is 0 Å². The predicted molar refractivity (Wildman–Crippen MR) is 111 cm³/mol. The summed E-state index contributed by atoms with van der Waals surface area (Å²) in [6.45, 7) is 1.09. The number of hydrogen-bond acceptors (Lipinski definition) is 5. The zero-order chi connectivity index (χ0) is 22.9. The molecule has 2 aromatic rings. The SMILES string of the molecule is COc1ccc2c(c1)CN(C1CC1)C(=O)CCN2CC(O)c1ccc(OC(F)(F)F)cc1. The maximum Gasteiger partial charge on any atom is 0.573 e. The van der Waals surface area contributed by atoms with Gasteiger partial charge in [-0.2, -0.15) is 0 Å². The van der Waals surface area contributed by atoms with E-state index < -0.39 is 12.5 Å². The first-order chi connectivity index (χ1) is 15.2. The number of alkyl halides is 3. The third kappa shape index (κ3) is 5.27. The minimum atomic E-state index is -4.77. The summed E-state index contributed by atoms with van der Waals surface area (Å²) >= 11 is 0. The summed E-state index contributed by atoms with van der Waals surface area (Å²) in [5.41, 5.74) is 2.30. The molecule has 9 heteroatoms. The summed E-state index contributed by atoms with van der Waals surface area (Å²) in [7, 11) is 1.59. The van der Waals surface area contributed by atoms with E-state index in [1.165, 1.54) is 24.3 Å². The minimum absolute atomic E-state index is 0.0779. The fraction of sp³-hybridized carbons (Fsp3) is 0.435. The van der Waals surface area contributed by atoms with Crippen LogP contribution in [0.4, 0.5) is 18.9 Å². The molecule has 0 saturated heterocycles. The Morgan fingerprint density at radius 3 is 2.44 bits per heavy atom. The van der Waals surface area contributed by atoms with Gasteiger partial charge in [0.1, 0.15) is 11.5 Å². The van der Waals surface area contributed by atoms with Crippen molar-refractivity contribution in [3.8, 4) is 11.5 Å². The Bertz CT molecular complexity index is 961. The van der Waals surface area contributed by atoms with Crippen molar-refractivity contribution in [2.24, 2.45) is 0 Å². The van der Waals surface area contributed by atoms with Crippen LogP contribution in [0.15, 0.2) is 42.5 Å². The van der Waals surface area contributed by atoms with Crippen LogP contribution in [0.3, 0.4) is 0 Å². The van der Waals surface area contributed by atoms with Gasteiger partial charge in [-0.25, -0.2) is 0 Å². The Morgan fingerprint density at radius 1 is 1.12 bits per heavy atom. The van der Waals surface area contributed by atoms with Crippen molar-refractivity contribution in [2.45, 2.75) is 44.3 Å². The van der Waals surface area contributed by atoms with Gasteiger partial charge in [-0.1, -0.05) is 12.1 Å². The van der Waals surface area contributed by atoms with Gasteiger partial charge in [0.2, 0.25) is 5.91 Å². The van der Waals surface area contributed by atoms with Crippen LogP contribution in [0.25, 0.3) is 0 Å². The van der Waals surface area contributed by atoms with E-state index in [1.54, 1.807) is 7.11 Å². The molecular weight excluding hydrogens is 425 g/mol. The summed E-state index contributed by atoms with van der Waals surface area (Å²) in [5.74, 6) is 0.422. The molecule has 1 aliphatic carbocycles. The van der Waals surface area contributed by atoms with Crippen LogP contribution in [-0.2, 0) is 11.3 Å². The van der Waals surface area contributed by atoms with Crippen LogP contribution < -0.4 is 14.4 Å². The van der Waals surface area contributed by atoms with E-state index in [-0.39, 0.29) is 24.2 Å². The van der Waals surface area contributed by atoms with Crippen LogP contribution in [0, 0.1) is 0 Å². The Labute approximate surface area is 184 Å². The molecule has 2 aliphatic rings. The molecule has 4 rings (SSSR count). The van der Waals surface area contributed by atoms with E-state index in [0.717, 1.165) is 24.1 Å². The second-order valence-electron chi connectivity index (χ2n) is 8.08. The van der Waals surface area contributed by atoms with E-state index in [9.17, 15) is 23.1 Å². The Kier molecular flexibility index (Phi) is 6.19. The van der Waals surface area contributed by atoms with Crippen molar-refractivity contribution in [1.82, 2.24) is 4.90 Å². The average Bonchev–Trinajstić information content (AvgIpc) is 3.58. The van der Waals surface area contributed by atoms with Gasteiger partial charge in [-0.15, -0.1) is 13.2 Å². The van der Waals surface area contributed by atoms with E-state index in [1.807, 2.05) is 28.0 Å². The Balaban J connectivity index is 1.54. The first-order valence-electron chi connectivity index (χ1n) is 10.5. The van der Waals surface area contributed by atoms with E-state index in [4.69, 9.17) is 4.74 Å². The number of hydrogen-bond donors (Lipinski definition) is 1. The molecule has 1 N–H and O–H groups in total. The molecule has 1 unspecified atom stereocenters. The highest BCUT2D eigenvalue weighted by Gasteiger charge is 2.35. The summed E-state index contributed by atoms with van der Waals surface area (Å²) in [5, 5.41) is 10.8. The number of halogens is 3. The number of carbonyl (C=O) groups excluding carboxylic acids is 1. The normalized spacial score (nSPS) is 18.0. The number of aliphatic hydroxyl groups excluding tert-OH is 1. The third-order valence-electron chi connectivity index (χ3n) is 5.76. The topological polar surface area (TPSA) is 62.2 Å². The van der Waals surface area contributed by atoms with Crippen molar-refractivity contribution < 1.29 is 32.5 Å². The molecule has 1 aliphatic heterocycles. The quantitative estimate of drug-likeness (QED) is 0.720. The van der Waals surface area contributed by atoms with Gasteiger partial charge in [0.05, 0.1) is 13.2 Å². The molecule has 32 heavy (non-hydrogen) atoms. The zero-order valence-electron chi connectivity index (χ0n) is 17.6. The molecule has 1 amide bonds. The maximum atomic E-state index is 12.8. The van der Waals surface area contributed by atoms with E-state index in [2.05, 4.69) is 4.74 Å². The van der Waals surface area contributed by atoms with Crippen molar-refractivity contribution >= 4 is 11.6 Å². The molecule has 0 radical (unpaired) electrons. The molecule has 0 aromatic heterocycles. The first-order valence-corrected chi connectivity index (χ1v) is 10.5. The van der Waals surface area contributed by atoms with Gasteiger partial charge in [-0.3, -0.25) is 4.79 Å². The monoisotopic (exact) mass is 450 g/mol. The molecule has 1 saturated carbocycles.